The number of hydrogen-bond donors (Lipinski definition) is 1. The lowest BCUT2D eigenvalue weighted by atomic mass is 9.90. The van der Waals surface area contributed by atoms with Gasteiger partial charge in [0.05, 0.1) is 6.42 Å². The van der Waals surface area contributed by atoms with Gasteiger partial charge in [-0.25, -0.2) is 0 Å². The van der Waals surface area contributed by atoms with E-state index < -0.39 is 5.54 Å². The highest BCUT2D eigenvalue weighted by Gasteiger charge is 2.42. The van der Waals surface area contributed by atoms with E-state index in [0.717, 1.165) is 5.56 Å². The van der Waals surface area contributed by atoms with Crippen LogP contribution in [-0.4, -0.2) is 11.7 Å². The molecule has 1 aromatic carbocycles. The molecule has 2 rings (SSSR count). The minimum atomic E-state index is -0.821. The van der Waals surface area contributed by atoms with Gasteiger partial charge in [-0.1, -0.05) is 30.3 Å². The monoisotopic (exact) mass is 189 g/mol. The van der Waals surface area contributed by atoms with E-state index in [1.807, 2.05) is 30.3 Å². The third kappa shape index (κ3) is 1.21. The number of carbonyl (C=O) groups is 2. The Kier molecular flexibility index (Phi) is 1.88. The van der Waals surface area contributed by atoms with Crippen LogP contribution in [0.1, 0.15) is 18.9 Å². The molecule has 0 aromatic heterocycles. The maximum atomic E-state index is 11.6. The van der Waals surface area contributed by atoms with Crippen molar-refractivity contribution in [3.63, 3.8) is 0 Å². The van der Waals surface area contributed by atoms with Crippen LogP contribution < -0.4 is 5.32 Å². The molecule has 0 saturated carbocycles. The molecule has 0 spiro atoms. The van der Waals surface area contributed by atoms with Gasteiger partial charge in [-0.2, -0.15) is 0 Å². The first-order valence-electron chi connectivity index (χ1n) is 4.53. The van der Waals surface area contributed by atoms with Crippen molar-refractivity contribution in [1.82, 2.24) is 5.32 Å². The van der Waals surface area contributed by atoms with Crippen molar-refractivity contribution in [3.05, 3.63) is 35.9 Å². The van der Waals surface area contributed by atoms with Crippen LogP contribution in [0.2, 0.25) is 0 Å². The Bertz CT molecular complexity index is 386. The molecule has 1 N–H and O–H groups in total. The number of ketones is 1. The maximum Gasteiger partial charge on any atom is 0.228 e. The smallest absolute Gasteiger partial charge is 0.228 e. The number of carbonyl (C=O) groups excluding carboxylic acids is 2. The highest BCUT2D eigenvalue weighted by Crippen LogP contribution is 2.27. The quantitative estimate of drug-likeness (QED) is 0.670. The first kappa shape index (κ1) is 8.94. The molecule has 1 atom stereocenters. The molecular formula is C11H11NO2. The minimum absolute atomic E-state index is 0.00854. The fourth-order valence-corrected chi connectivity index (χ4v) is 1.72. The zero-order chi connectivity index (χ0) is 10.2. The molecule has 1 heterocycles. The van der Waals surface area contributed by atoms with Crippen LogP contribution >= 0.6 is 0 Å². The molecule has 1 fully saturated rings. The van der Waals surface area contributed by atoms with Gasteiger partial charge in [0.1, 0.15) is 5.54 Å². The zero-order valence-corrected chi connectivity index (χ0v) is 7.91. The fourth-order valence-electron chi connectivity index (χ4n) is 1.72. The van der Waals surface area contributed by atoms with Crippen molar-refractivity contribution in [2.45, 2.75) is 18.9 Å². The van der Waals surface area contributed by atoms with Crippen LogP contribution in [-0.2, 0) is 15.1 Å². The SMILES string of the molecule is CC1(c2ccccc2)NC(=O)CC1=O. The van der Waals surface area contributed by atoms with E-state index in [4.69, 9.17) is 0 Å². The molecule has 1 aliphatic heterocycles. The lowest BCUT2D eigenvalue weighted by molar-refractivity contribution is -0.123. The highest BCUT2D eigenvalue weighted by molar-refractivity contribution is 6.10. The van der Waals surface area contributed by atoms with Gasteiger partial charge in [0.2, 0.25) is 5.91 Å². The van der Waals surface area contributed by atoms with E-state index in [2.05, 4.69) is 5.32 Å². The van der Waals surface area contributed by atoms with E-state index in [9.17, 15) is 9.59 Å². The van der Waals surface area contributed by atoms with Crippen molar-refractivity contribution >= 4 is 11.7 Å². The van der Waals surface area contributed by atoms with Crippen molar-refractivity contribution in [2.75, 3.05) is 0 Å². The summed E-state index contributed by atoms with van der Waals surface area (Å²) in [4.78, 5) is 22.7. The van der Waals surface area contributed by atoms with Gasteiger partial charge in [0.15, 0.2) is 5.78 Å². The van der Waals surface area contributed by atoms with Crippen LogP contribution in [0.5, 0.6) is 0 Å². The summed E-state index contributed by atoms with van der Waals surface area (Å²) in [6.45, 7) is 1.75. The average Bonchev–Trinajstić information content (AvgIpc) is 2.43. The summed E-state index contributed by atoms with van der Waals surface area (Å²) < 4.78 is 0. The van der Waals surface area contributed by atoms with E-state index >= 15 is 0 Å². The first-order chi connectivity index (χ1) is 6.63. The van der Waals surface area contributed by atoms with Gasteiger partial charge in [0, 0.05) is 0 Å². The highest BCUT2D eigenvalue weighted by atomic mass is 16.2. The lowest BCUT2D eigenvalue weighted by Gasteiger charge is -2.22. The second-order valence-corrected chi connectivity index (χ2v) is 3.64. The van der Waals surface area contributed by atoms with Gasteiger partial charge in [-0.3, -0.25) is 9.59 Å². The second-order valence-electron chi connectivity index (χ2n) is 3.64. The molecule has 1 amide bonds. The lowest BCUT2D eigenvalue weighted by Crippen LogP contribution is -2.40. The normalized spacial score (nSPS) is 26.4. The van der Waals surface area contributed by atoms with Crippen molar-refractivity contribution in [1.29, 1.82) is 0 Å². The molecular weight excluding hydrogens is 178 g/mol. The Morgan fingerprint density at radius 1 is 1.21 bits per heavy atom. The standard InChI is InChI=1S/C11H11NO2/c1-11(8-5-3-2-4-6-8)9(13)7-10(14)12-11/h2-6H,7H2,1H3,(H,12,14). The number of amides is 1. The number of nitrogens with one attached hydrogen (secondary N) is 1. The van der Waals surface area contributed by atoms with E-state index in [0.29, 0.717) is 0 Å². The van der Waals surface area contributed by atoms with Crippen LogP contribution in [0.25, 0.3) is 0 Å². The molecule has 72 valence electrons. The van der Waals surface area contributed by atoms with Crippen LogP contribution in [0.15, 0.2) is 30.3 Å². The molecule has 3 heteroatoms. The number of benzene rings is 1. The van der Waals surface area contributed by atoms with Crippen LogP contribution in [0.4, 0.5) is 0 Å². The van der Waals surface area contributed by atoms with Crippen molar-refractivity contribution < 1.29 is 9.59 Å². The number of hydrogen-bond acceptors (Lipinski definition) is 2. The van der Waals surface area contributed by atoms with Gasteiger partial charge >= 0.3 is 0 Å². The molecule has 1 aliphatic rings. The Balaban J connectivity index is 2.43. The topological polar surface area (TPSA) is 46.2 Å². The molecule has 1 unspecified atom stereocenters. The molecule has 14 heavy (non-hydrogen) atoms. The van der Waals surface area contributed by atoms with E-state index in [-0.39, 0.29) is 18.1 Å². The summed E-state index contributed by atoms with van der Waals surface area (Å²) in [6, 6.07) is 9.30. The van der Waals surface area contributed by atoms with Crippen molar-refractivity contribution in [2.24, 2.45) is 0 Å². The Morgan fingerprint density at radius 3 is 2.36 bits per heavy atom. The minimum Gasteiger partial charge on any atom is -0.339 e. The largest absolute Gasteiger partial charge is 0.339 e. The maximum absolute atomic E-state index is 11.6. The predicted octanol–water partition coefficient (Wildman–Crippen LogP) is 0.991. The summed E-state index contributed by atoms with van der Waals surface area (Å²) in [6.07, 6.45) is -0.00854. The van der Waals surface area contributed by atoms with E-state index in [1.54, 1.807) is 6.92 Å². The summed E-state index contributed by atoms with van der Waals surface area (Å²) in [5.41, 5.74) is 0.0223. The summed E-state index contributed by atoms with van der Waals surface area (Å²) in [5, 5.41) is 2.71. The third-order valence-corrected chi connectivity index (χ3v) is 2.62. The zero-order valence-electron chi connectivity index (χ0n) is 7.91. The molecule has 0 aliphatic carbocycles. The second kappa shape index (κ2) is 2.94. The van der Waals surface area contributed by atoms with Gasteiger partial charge in [-0.15, -0.1) is 0 Å². The molecule has 0 radical (unpaired) electrons. The van der Waals surface area contributed by atoms with Gasteiger partial charge in [-0.05, 0) is 12.5 Å². The summed E-state index contributed by atoms with van der Waals surface area (Å²) in [5.74, 6) is -0.255. The number of rotatable bonds is 1. The fraction of sp³-hybridized carbons (Fsp3) is 0.273. The van der Waals surface area contributed by atoms with Gasteiger partial charge in [0.25, 0.3) is 0 Å². The van der Waals surface area contributed by atoms with E-state index in [1.165, 1.54) is 0 Å². The van der Waals surface area contributed by atoms with Crippen molar-refractivity contribution in [3.8, 4) is 0 Å². The molecule has 1 saturated heterocycles. The molecule has 1 aromatic rings. The predicted molar refractivity (Wildman–Crippen MR) is 51.6 cm³/mol. The average molecular weight is 189 g/mol. The molecule has 3 nitrogen and oxygen atoms in total. The van der Waals surface area contributed by atoms with Crippen LogP contribution in [0, 0.1) is 0 Å². The Labute approximate surface area is 82.1 Å². The number of Topliss-reactive ketones (excluding diaryl/α,β-unsaturated/α-hetero) is 1. The first-order valence-corrected chi connectivity index (χ1v) is 4.53. The third-order valence-electron chi connectivity index (χ3n) is 2.62. The van der Waals surface area contributed by atoms with Crippen LogP contribution in [0.3, 0.4) is 0 Å². The summed E-state index contributed by atoms with van der Waals surface area (Å²) in [7, 11) is 0. The Morgan fingerprint density at radius 2 is 1.86 bits per heavy atom. The Hall–Kier alpha value is -1.64. The van der Waals surface area contributed by atoms with Gasteiger partial charge < -0.3 is 5.32 Å². The summed E-state index contributed by atoms with van der Waals surface area (Å²) >= 11 is 0. The molecule has 0 bridgehead atoms.